The van der Waals surface area contributed by atoms with E-state index in [0.717, 1.165) is 18.4 Å². The highest BCUT2D eigenvalue weighted by Gasteiger charge is 2.31. The number of fused-ring (bicyclic) bond motifs is 1. The van der Waals surface area contributed by atoms with Gasteiger partial charge in [0.2, 0.25) is 12.7 Å². The maximum Gasteiger partial charge on any atom is 0.321 e. The standard InChI is InChI=1S/C23H26FN3O4/c1-2-26(13-16-9-10-20-21(12-16)31-15-30-20)22(28)17-6-5-11-27(14-17)23(29)25-19-8-4-3-7-18(19)24/h3-4,7-10,12,17H,2,5-6,11,13-15H2,1H3,(H,25,29)/t17-/m0/s1. The second-order valence-electron chi connectivity index (χ2n) is 7.74. The summed E-state index contributed by atoms with van der Waals surface area (Å²) in [6.07, 6.45) is 1.45. The van der Waals surface area contributed by atoms with Gasteiger partial charge in [-0.15, -0.1) is 0 Å². The largest absolute Gasteiger partial charge is 0.454 e. The third-order valence-corrected chi connectivity index (χ3v) is 5.68. The Morgan fingerprint density at radius 2 is 2.00 bits per heavy atom. The number of likely N-dealkylation sites (tertiary alicyclic amines) is 1. The molecule has 1 saturated heterocycles. The first kappa shape index (κ1) is 21.0. The molecule has 0 aliphatic carbocycles. The molecule has 0 aromatic heterocycles. The topological polar surface area (TPSA) is 71.1 Å². The molecule has 2 aliphatic rings. The number of rotatable bonds is 5. The molecule has 3 amide bonds. The number of hydrogen-bond donors (Lipinski definition) is 1. The molecule has 0 unspecified atom stereocenters. The smallest absolute Gasteiger partial charge is 0.321 e. The van der Waals surface area contributed by atoms with Crippen LogP contribution in [-0.2, 0) is 11.3 Å². The molecule has 0 spiro atoms. The van der Waals surface area contributed by atoms with Crippen LogP contribution < -0.4 is 14.8 Å². The number of hydrogen-bond acceptors (Lipinski definition) is 4. The average Bonchev–Trinajstić information content (AvgIpc) is 3.26. The van der Waals surface area contributed by atoms with Gasteiger partial charge in [-0.2, -0.15) is 0 Å². The van der Waals surface area contributed by atoms with Crippen LogP contribution in [0.1, 0.15) is 25.3 Å². The normalized spacial score (nSPS) is 17.4. The van der Waals surface area contributed by atoms with Gasteiger partial charge in [-0.25, -0.2) is 9.18 Å². The van der Waals surface area contributed by atoms with Crippen molar-refractivity contribution in [3.63, 3.8) is 0 Å². The molecule has 2 aliphatic heterocycles. The van der Waals surface area contributed by atoms with E-state index in [1.807, 2.05) is 25.1 Å². The Morgan fingerprint density at radius 1 is 1.19 bits per heavy atom. The number of nitrogens with zero attached hydrogens (tertiary/aromatic N) is 2. The third-order valence-electron chi connectivity index (χ3n) is 5.68. The van der Waals surface area contributed by atoms with E-state index in [-0.39, 0.29) is 30.3 Å². The van der Waals surface area contributed by atoms with Crippen LogP contribution in [0.25, 0.3) is 0 Å². The summed E-state index contributed by atoms with van der Waals surface area (Å²) in [5.74, 6) is 0.649. The van der Waals surface area contributed by atoms with Crippen LogP contribution in [0.2, 0.25) is 0 Å². The van der Waals surface area contributed by atoms with Crippen molar-refractivity contribution >= 4 is 17.6 Å². The van der Waals surface area contributed by atoms with Crippen molar-refractivity contribution < 1.29 is 23.5 Å². The summed E-state index contributed by atoms with van der Waals surface area (Å²) in [5.41, 5.74) is 1.10. The first-order valence-electron chi connectivity index (χ1n) is 10.5. The van der Waals surface area contributed by atoms with Crippen LogP contribution in [0, 0.1) is 11.7 Å². The maximum absolute atomic E-state index is 13.9. The minimum Gasteiger partial charge on any atom is -0.454 e. The Morgan fingerprint density at radius 3 is 2.81 bits per heavy atom. The van der Waals surface area contributed by atoms with Crippen molar-refractivity contribution in [1.29, 1.82) is 0 Å². The molecule has 164 valence electrons. The van der Waals surface area contributed by atoms with Gasteiger partial charge in [-0.1, -0.05) is 18.2 Å². The molecule has 1 atom stereocenters. The van der Waals surface area contributed by atoms with Crippen molar-refractivity contribution in [3.05, 3.63) is 53.8 Å². The van der Waals surface area contributed by atoms with Crippen molar-refractivity contribution in [2.45, 2.75) is 26.3 Å². The molecule has 0 bridgehead atoms. The van der Waals surface area contributed by atoms with Gasteiger partial charge < -0.3 is 24.6 Å². The number of amides is 3. The van der Waals surface area contributed by atoms with Crippen LogP contribution in [0.4, 0.5) is 14.9 Å². The summed E-state index contributed by atoms with van der Waals surface area (Å²) in [6.45, 7) is 4.03. The number of ether oxygens (including phenoxy) is 2. The minimum atomic E-state index is -0.485. The average molecular weight is 427 g/mol. The van der Waals surface area contributed by atoms with Gasteiger partial charge in [0.05, 0.1) is 11.6 Å². The second-order valence-corrected chi connectivity index (χ2v) is 7.74. The molecular formula is C23H26FN3O4. The third kappa shape index (κ3) is 4.73. The number of halogens is 1. The fraction of sp³-hybridized carbons (Fsp3) is 0.391. The summed E-state index contributed by atoms with van der Waals surface area (Å²) < 4.78 is 24.6. The molecule has 2 aromatic carbocycles. The van der Waals surface area contributed by atoms with Gasteiger partial charge in [-0.05, 0) is 49.6 Å². The predicted molar refractivity (Wildman–Crippen MR) is 113 cm³/mol. The number of carbonyl (C=O) groups excluding carboxylic acids is 2. The van der Waals surface area contributed by atoms with E-state index in [4.69, 9.17) is 9.47 Å². The molecule has 8 heteroatoms. The van der Waals surface area contributed by atoms with E-state index in [2.05, 4.69) is 5.32 Å². The van der Waals surface area contributed by atoms with E-state index < -0.39 is 5.82 Å². The zero-order valence-corrected chi connectivity index (χ0v) is 17.5. The number of carbonyl (C=O) groups is 2. The van der Waals surface area contributed by atoms with Gasteiger partial charge in [-0.3, -0.25) is 4.79 Å². The number of piperidine rings is 1. The van der Waals surface area contributed by atoms with Gasteiger partial charge in [0.25, 0.3) is 0 Å². The van der Waals surface area contributed by atoms with E-state index in [1.54, 1.807) is 21.9 Å². The number of urea groups is 1. The summed E-state index contributed by atoms with van der Waals surface area (Å²) >= 11 is 0. The molecule has 0 saturated carbocycles. The Hall–Kier alpha value is -3.29. The molecule has 31 heavy (non-hydrogen) atoms. The minimum absolute atomic E-state index is 0.0172. The Kier molecular flexibility index (Phi) is 6.25. The van der Waals surface area contributed by atoms with Crippen LogP contribution in [0.15, 0.2) is 42.5 Å². The van der Waals surface area contributed by atoms with Crippen LogP contribution in [0.3, 0.4) is 0 Å². The zero-order valence-electron chi connectivity index (χ0n) is 17.5. The molecule has 4 rings (SSSR count). The van der Waals surface area contributed by atoms with E-state index >= 15 is 0 Å². The molecule has 1 fully saturated rings. The van der Waals surface area contributed by atoms with E-state index in [0.29, 0.717) is 37.7 Å². The Bertz CT molecular complexity index is 968. The van der Waals surface area contributed by atoms with Gasteiger partial charge >= 0.3 is 6.03 Å². The first-order chi connectivity index (χ1) is 15.0. The summed E-state index contributed by atoms with van der Waals surface area (Å²) in [7, 11) is 0. The molecule has 2 aromatic rings. The SMILES string of the molecule is CCN(Cc1ccc2c(c1)OCO2)C(=O)[C@H]1CCCN(C(=O)Nc2ccccc2F)C1. The lowest BCUT2D eigenvalue weighted by Gasteiger charge is -2.34. The van der Waals surface area contributed by atoms with Gasteiger partial charge in [0.1, 0.15) is 5.82 Å². The quantitative estimate of drug-likeness (QED) is 0.787. The number of para-hydroxylation sites is 1. The van der Waals surface area contributed by atoms with Crippen LogP contribution in [-0.4, -0.2) is 48.2 Å². The highest BCUT2D eigenvalue weighted by atomic mass is 19.1. The predicted octanol–water partition coefficient (Wildman–Crippen LogP) is 3.85. The Labute approximate surface area is 180 Å². The molecule has 2 heterocycles. The lowest BCUT2D eigenvalue weighted by molar-refractivity contribution is -0.137. The fourth-order valence-electron chi connectivity index (χ4n) is 3.98. The summed E-state index contributed by atoms with van der Waals surface area (Å²) in [6, 6.07) is 11.3. The lowest BCUT2D eigenvalue weighted by atomic mass is 9.96. The summed E-state index contributed by atoms with van der Waals surface area (Å²) in [4.78, 5) is 29.2. The number of benzene rings is 2. The highest BCUT2D eigenvalue weighted by Crippen LogP contribution is 2.33. The lowest BCUT2D eigenvalue weighted by Crippen LogP contribution is -2.47. The van der Waals surface area contributed by atoms with Crippen LogP contribution >= 0.6 is 0 Å². The Balaban J connectivity index is 1.38. The number of anilines is 1. The van der Waals surface area contributed by atoms with Crippen LogP contribution in [0.5, 0.6) is 11.5 Å². The monoisotopic (exact) mass is 427 g/mol. The van der Waals surface area contributed by atoms with Crippen molar-refractivity contribution in [1.82, 2.24) is 9.80 Å². The zero-order chi connectivity index (χ0) is 21.8. The second kappa shape index (κ2) is 9.24. The molecule has 0 radical (unpaired) electrons. The first-order valence-corrected chi connectivity index (χ1v) is 10.5. The van der Waals surface area contributed by atoms with Crippen molar-refractivity contribution in [3.8, 4) is 11.5 Å². The molecular weight excluding hydrogens is 401 g/mol. The van der Waals surface area contributed by atoms with Gasteiger partial charge in [0.15, 0.2) is 11.5 Å². The van der Waals surface area contributed by atoms with E-state index in [1.165, 1.54) is 12.1 Å². The van der Waals surface area contributed by atoms with Gasteiger partial charge in [0, 0.05) is 26.2 Å². The van der Waals surface area contributed by atoms with E-state index in [9.17, 15) is 14.0 Å². The fourth-order valence-corrected chi connectivity index (χ4v) is 3.98. The highest BCUT2D eigenvalue weighted by molar-refractivity contribution is 5.90. The molecule has 1 N–H and O–H groups in total. The molecule has 7 nitrogen and oxygen atoms in total. The summed E-state index contributed by atoms with van der Waals surface area (Å²) in [5, 5.41) is 2.61. The van der Waals surface area contributed by atoms with Crippen molar-refractivity contribution in [2.24, 2.45) is 5.92 Å². The van der Waals surface area contributed by atoms with Crippen molar-refractivity contribution in [2.75, 3.05) is 31.7 Å². The maximum atomic E-state index is 13.9. The number of nitrogens with one attached hydrogen (secondary N) is 1.